The van der Waals surface area contributed by atoms with Crippen molar-refractivity contribution in [3.8, 4) is 0 Å². The second kappa shape index (κ2) is 8.88. The molecule has 7 nitrogen and oxygen atoms in total. The lowest BCUT2D eigenvalue weighted by Crippen LogP contribution is -2.44. The van der Waals surface area contributed by atoms with Gasteiger partial charge in [0.2, 0.25) is 0 Å². The molecule has 0 aliphatic heterocycles. The lowest BCUT2D eigenvalue weighted by molar-refractivity contribution is 0.0955. The third-order valence-electron chi connectivity index (χ3n) is 5.44. The van der Waals surface area contributed by atoms with Crippen molar-refractivity contribution in [3.05, 3.63) is 58.9 Å². The van der Waals surface area contributed by atoms with Crippen molar-refractivity contribution in [2.24, 2.45) is 0 Å². The average Bonchev–Trinajstić information content (AvgIpc) is 3.34. The Hall–Kier alpha value is -2.97. The van der Waals surface area contributed by atoms with Crippen molar-refractivity contribution in [1.29, 1.82) is 0 Å². The lowest BCUT2D eigenvalue weighted by atomic mass is 10.0. The first kappa shape index (κ1) is 22.2. The summed E-state index contributed by atoms with van der Waals surface area (Å²) >= 11 is 1.67. The predicted molar refractivity (Wildman–Crippen MR) is 127 cm³/mol. The van der Waals surface area contributed by atoms with Crippen LogP contribution in [0.4, 0.5) is 4.79 Å². The van der Waals surface area contributed by atoms with Gasteiger partial charge in [-0.1, -0.05) is 24.3 Å². The maximum absolute atomic E-state index is 11.7. The van der Waals surface area contributed by atoms with Crippen LogP contribution in [0.5, 0.6) is 0 Å². The maximum Gasteiger partial charge on any atom is 0.408 e. The smallest absolute Gasteiger partial charge is 0.408 e. The molecule has 0 bridgehead atoms. The van der Waals surface area contributed by atoms with Crippen LogP contribution >= 0.6 is 11.3 Å². The molecule has 168 valence electrons. The molecule has 3 aromatic heterocycles. The van der Waals surface area contributed by atoms with E-state index in [9.17, 15) is 9.90 Å². The second-order valence-electron chi connectivity index (χ2n) is 8.73. The number of rotatable bonds is 7. The zero-order valence-electron chi connectivity index (χ0n) is 18.8. The molecule has 1 N–H and O–H groups in total. The van der Waals surface area contributed by atoms with Crippen LogP contribution in [0, 0.1) is 0 Å². The van der Waals surface area contributed by atoms with Gasteiger partial charge in [-0.15, -0.1) is 11.3 Å². The third kappa shape index (κ3) is 4.47. The van der Waals surface area contributed by atoms with Crippen molar-refractivity contribution in [1.82, 2.24) is 19.4 Å². The number of pyridine rings is 1. The maximum atomic E-state index is 11.7. The first-order valence-electron chi connectivity index (χ1n) is 10.7. The monoisotopic (exact) mass is 452 g/mol. The van der Waals surface area contributed by atoms with Gasteiger partial charge in [0.1, 0.15) is 17.9 Å². The van der Waals surface area contributed by atoms with E-state index in [0.29, 0.717) is 26.3 Å². The van der Waals surface area contributed by atoms with Crippen LogP contribution < -0.4 is 0 Å². The number of aromatic nitrogens is 3. The zero-order valence-corrected chi connectivity index (χ0v) is 19.6. The van der Waals surface area contributed by atoms with Crippen molar-refractivity contribution >= 4 is 38.7 Å². The Labute approximate surface area is 191 Å². The highest BCUT2D eigenvalue weighted by atomic mass is 32.1. The van der Waals surface area contributed by atoms with Gasteiger partial charge in [-0.3, -0.25) is 9.88 Å². The molecule has 0 aliphatic rings. The van der Waals surface area contributed by atoms with Crippen LogP contribution in [0.15, 0.2) is 41.9 Å². The van der Waals surface area contributed by atoms with Gasteiger partial charge < -0.3 is 14.4 Å². The molecule has 0 saturated heterocycles. The highest BCUT2D eigenvalue weighted by Crippen LogP contribution is 2.30. The average molecular weight is 453 g/mol. The van der Waals surface area contributed by atoms with Gasteiger partial charge in [0.05, 0.1) is 21.9 Å². The minimum absolute atomic E-state index is 0.351. The Morgan fingerprint density at radius 1 is 1.16 bits per heavy atom. The van der Waals surface area contributed by atoms with Gasteiger partial charge in [0.15, 0.2) is 0 Å². The van der Waals surface area contributed by atoms with Gasteiger partial charge in [-0.05, 0) is 50.3 Å². The van der Waals surface area contributed by atoms with Crippen molar-refractivity contribution in [3.63, 3.8) is 0 Å². The van der Waals surface area contributed by atoms with Gasteiger partial charge in [0, 0.05) is 25.2 Å². The fraction of sp³-hybridized carbons (Fsp3) is 0.375. The van der Waals surface area contributed by atoms with E-state index in [1.807, 2.05) is 52.1 Å². The number of carbonyl (C=O) groups is 1. The number of imidazole rings is 1. The summed E-state index contributed by atoms with van der Waals surface area (Å²) in [7, 11) is 0. The summed E-state index contributed by atoms with van der Waals surface area (Å²) in [4.78, 5) is 22.4. The fourth-order valence-electron chi connectivity index (χ4n) is 3.74. The van der Waals surface area contributed by atoms with E-state index in [-0.39, 0.29) is 0 Å². The number of carboxylic acid groups (broad SMARTS) is 1. The number of fused-ring (bicyclic) bond motifs is 3. The summed E-state index contributed by atoms with van der Waals surface area (Å²) in [6.45, 7) is 9.75. The SMILES string of the molecule is CCOCc1nc2cnc3ccsc3c2n1Cc1ccc(CN(C(=O)O)C(C)(C)C)cc1. The van der Waals surface area contributed by atoms with Crippen LogP contribution in [0.25, 0.3) is 21.3 Å². The minimum atomic E-state index is -0.916. The molecule has 3 heterocycles. The molecule has 4 rings (SSSR count). The molecule has 1 amide bonds. The molecule has 0 unspecified atom stereocenters. The van der Waals surface area contributed by atoms with Crippen LogP contribution in [0.1, 0.15) is 44.6 Å². The van der Waals surface area contributed by atoms with Crippen molar-refractivity contribution in [2.75, 3.05) is 6.61 Å². The quantitative estimate of drug-likeness (QED) is 0.400. The Morgan fingerprint density at radius 2 is 1.88 bits per heavy atom. The number of ether oxygens (including phenoxy) is 1. The number of hydrogen-bond acceptors (Lipinski definition) is 5. The largest absolute Gasteiger partial charge is 0.465 e. The first-order valence-corrected chi connectivity index (χ1v) is 11.5. The van der Waals surface area contributed by atoms with Crippen LogP contribution in [-0.2, 0) is 24.4 Å². The van der Waals surface area contributed by atoms with Gasteiger partial charge >= 0.3 is 6.09 Å². The Kier molecular flexibility index (Phi) is 6.17. The van der Waals surface area contributed by atoms with Gasteiger partial charge in [0.25, 0.3) is 0 Å². The van der Waals surface area contributed by atoms with E-state index < -0.39 is 11.6 Å². The zero-order chi connectivity index (χ0) is 22.9. The van der Waals surface area contributed by atoms with Crippen LogP contribution in [0.3, 0.4) is 0 Å². The third-order valence-corrected chi connectivity index (χ3v) is 6.35. The molecule has 4 aromatic rings. The van der Waals surface area contributed by atoms with E-state index in [2.05, 4.69) is 27.1 Å². The summed E-state index contributed by atoms with van der Waals surface area (Å²) in [5.74, 6) is 0.874. The highest BCUT2D eigenvalue weighted by molar-refractivity contribution is 7.18. The molecular formula is C24H28N4O3S. The van der Waals surface area contributed by atoms with Gasteiger partial charge in [-0.25, -0.2) is 9.78 Å². The Balaban J connectivity index is 1.65. The van der Waals surface area contributed by atoms with Crippen molar-refractivity contribution in [2.45, 2.75) is 52.9 Å². The molecule has 32 heavy (non-hydrogen) atoms. The highest BCUT2D eigenvalue weighted by Gasteiger charge is 2.26. The number of hydrogen-bond donors (Lipinski definition) is 1. The van der Waals surface area contributed by atoms with Crippen LogP contribution in [0.2, 0.25) is 0 Å². The molecule has 0 saturated carbocycles. The van der Waals surface area contributed by atoms with E-state index >= 15 is 0 Å². The predicted octanol–water partition coefficient (Wildman–Crippen LogP) is 5.51. The summed E-state index contributed by atoms with van der Waals surface area (Å²) < 4.78 is 9.01. The molecular weight excluding hydrogens is 424 g/mol. The van der Waals surface area contributed by atoms with Crippen molar-refractivity contribution < 1.29 is 14.6 Å². The second-order valence-corrected chi connectivity index (χ2v) is 9.65. The van der Waals surface area contributed by atoms with E-state index in [0.717, 1.165) is 38.2 Å². The summed E-state index contributed by atoms with van der Waals surface area (Å²) in [6.07, 6.45) is 0.910. The lowest BCUT2D eigenvalue weighted by Gasteiger charge is -2.33. The normalized spacial score (nSPS) is 12.0. The fourth-order valence-corrected chi connectivity index (χ4v) is 4.64. The van der Waals surface area contributed by atoms with Crippen LogP contribution in [-0.4, -0.2) is 42.8 Å². The summed E-state index contributed by atoms with van der Waals surface area (Å²) in [6, 6.07) is 10.1. The summed E-state index contributed by atoms with van der Waals surface area (Å²) in [5, 5.41) is 11.6. The number of nitrogens with zero attached hydrogens (tertiary/aromatic N) is 4. The van der Waals surface area contributed by atoms with E-state index in [1.54, 1.807) is 11.3 Å². The number of thiophene rings is 1. The molecule has 1 aromatic carbocycles. The topological polar surface area (TPSA) is 80.5 Å². The number of amides is 1. The Morgan fingerprint density at radius 3 is 2.53 bits per heavy atom. The molecule has 0 radical (unpaired) electrons. The number of benzene rings is 1. The first-order chi connectivity index (χ1) is 15.3. The van der Waals surface area contributed by atoms with Gasteiger partial charge in [-0.2, -0.15) is 0 Å². The van der Waals surface area contributed by atoms with E-state index in [4.69, 9.17) is 9.72 Å². The summed E-state index contributed by atoms with van der Waals surface area (Å²) in [5.41, 5.74) is 4.53. The minimum Gasteiger partial charge on any atom is -0.465 e. The Bertz CT molecular complexity index is 1240. The van der Waals surface area contributed by atoms with E-state index in [1.165, 1.54) is 4.90 Å². The standard InChI is InChI=1S/C24H28N4O3S/c1-5-31-15-20-26-19-12-25-18-10-11-32-22(18)21(19)27(20)13-16-6-8-17(9-7-16)14-28(23(29)30)24(2,3)4/h6-12H,5,13-15H2,1-4H3,(H,29,30). The molecule has 0 aliphatic carbocycles. The molecule has 0 atom stereocenters. The molecule has 8 heteroatoms. The molecule has 0 fully saturated rings. The molecule has 0 spiro atoms.